The van der Waals surface area contributed by atoms with E-state index in [9.17, 15) is 4.79 Å². The number of benzene rings is 1. The van der Waals surface area contributed by atoms with Crippen LogP contribution in [0.4, 0.5) is 10.5 Å². The van der Waals surface area contributed by atoms with E-state index >= 15 is 0 Å². The Kier molecular flexibility index (Phi) is 4.24. The molecule has 3 N–H and O–H groups in total. The lowest BCUT2D eigenvalue weighted by atomic mass is 10.1. The first-order valence-corrected chi connectivity index (χ1v) is 8.04. The third kappa shape index (κ3) is 2.84. The van der Waals surface area contributed by atoms with Crippen LogP contribution in [0.25, 0.3) is 10.9 Å². The molecule has 1 unspecified atom stereocenters. The zero-order chi connectivity index (χ0) is 17.3. The van der Waals surface area contributed by atoms with Crippen LogP contribution in [0, 0.1) is 13.8 Å². The standard InChI is InChI=1S/C17H22N6O/c1-5-23-12(4)16(11(3)22-23)10(2)19-17(24)20-14-7-6-8-15-13(14)9-18-21-15/h6-10H,5H2,1-4H3,(H,18,21)(H2,19,20,24). The lowest BCUT2D eigenvalue weighted by Crippen LogP contribution is -2.31. The summed E-state index contributed by atoms with van der Waals surface area (Å²) >= 11 is 0. The van der Waals surface area contributed by atoms with Crippen LogP contribution in [0.15, 0.2) is 24.4 Å². The number of carbonyl (C=O) groups excluding carboxylic acids is 1. The number of hydrogen-bond acceptors (Lipinski definition) is 3. The molecule has 0 fully saturated rings. The molecule has 126 valence electrons. The van der Waals surface area contributed by atoms with Gasteiger partial charge in [0.05, 0.1) is 29.1 Å². The number of H-pyrrole nitrogens is 1. The average Bonchev–Trinajstić information content (AvgIpc) is 3.12. The van der Waals surface area contributed by atoms with Crippen LogP contribution < -0.4 is 10.6 Å². The number of urea groups is 1. The van der Waals surface area contributed by atoms with Crippen LogP contribution in [0.3, 0.4) is 0 Å². The molecule has 0 radical (unpaired) electrons. The van der Waals surface area contributed by atoms with Crippen molar-refractivity contribution in [2.24, 2.45) is 0 Å². The summed E-state index contributed by atoms with van der Waals surface area (Å²) < 4.78 is 1.95. The lowest BCUT2D eigenvalue weighted by Gasteiger charge is -2.16. The van der Waals surface area contributed by atoms with Gasteiger partial charge in [-0.2, -0.15) is 10.2 Å². The van der Waals surface area contributed by atoms with Gasteiger partial charge in [0.15, 0.2) is 0 Å². The van der Waals surface area contributed by atoms with Crippen LogP contribution in [-0.4, -0.2) is 26.0 Å². The zero-order valence-electron chi connectivity index (χ0n) is 14.3. The summed E-state index contributed by atoms with van der Waals surface area (Å²) in [6, 6.07) is 5.26. The number of hydrogen-bond donors (Lipinski definition) is 3. The van der Waals surface area contributed by atoms with Crippen molar-refractivity contribution >= 4 is 22.6 Å². The second kappa shape index (κ2) is 6.35. The van der Waals surface area contributed by atoms with Crippen LogP contribution in [0.1, 0.15) is 36.8 Å². The maximum Gasteiger partial charge on any atom is 0.319 e. The quantitative estimate of drug-likeness (QED) is 0.687. The van der Waals surface area contributed by atoms with Gasteiger partial charge in [-0.1, -0.05) is 6.07 Å². The predicted octanol–water partition coefficient (Wildman–Crippen LogP) is 3.28. The molecule has 7 nitrogen and oxygen atoms in total. The maximum absolute atomic E-state index is 12.4. The molecule has 2 aromatic heterocycles. The molecule has 24 heavy (non-hydrogen) atoms. The predicted molar refractivity (Wildman–Crippen MR) is 94.0 cm³/mol. The highest BCUT2D eigenvalue weighted by atomic mass is 16.2. The topological polar surface area (TPSA) is 87.6 Å². The second-order valence-corrected chi connectivity index (χ2v) is 5.86. The molecule has 0 saturated carbocycles. The van der Waals surface area contributed by atoms with E-state index in [-0.39, 0.29) is 12.1 Å². The van der Waals surface area contributed by atoms with E-state index in [2.05, 4.69) is 32.9 Å². The first kappa shape index (κ1) is 16.0. The minimum absolute atomic E-state index is 0.131. The molecule has 2 heterocycles. The normalized spacial score (nSPS) is 12.3. The fourth-order valence-electron chi connectivity index (χ4n) is 3.15. The van der Waals surface area contributed by atoms with E-state index < -0.39 is 0 Å². The average molecular weight is 326 g/mol. The number of anilines is 1. The van der Waals surface area contributed by atoms with Crippen molar-refractivity contribution in [1.82, 2.24) is 25.3 Å². The van der Waals surface area contributed by atoms with Crippen molar-refractivity contribution in [1.29, 1.82) is 0 Å². The van der Waals surface area contributed by atoms with Gasteiger partial charge in [0.25, 0.3) is 0 Å². The molecule has 3 rings (SSSR count). The summed E-state index contributed by atoms with van der Waals surface area (Å²) in [5.74, 6) is 0. The lowest BCUT2D eigenvalue weighted by molar-refractivity contribution is 0.249. The summed E-state index contributed by atoms with van der Waals surface area (Å²) in [5, 5.41) is 18.2. The highest BCUT2D eigenvalue weighted by molar-refractivity contribution is 6.00. The smallest absolute Gasteiger partial charge is 0.319 e. The van der Waals surface area contributed by atoms with E-state index in [1.165, 1.54) is 0 Å². The number of amides is 2. The monoisotopic (exact) mass is 326 g/mol. The first-order valence-electron chi connectivity index (χ1n) is 8.04. The van der Waals surface area contributed by atoms with Gasteiger partial charge in [0.1, 0.15) is 0 Å². The van der Waals surface area contributed by atoms with Crippen molar-refractivity contribution in [3.05, 3.63) is 41.3 Å². The van der Waals surface area contributed by atoms with Gasteiger partial charge in [-0.05, 0) is 39.8 Å². The summed E-state index contributed by atoms with van der Waals surface area (Å²) in [6.07, 6.45) is 1.70. The van der Waals surface area contributed by atoms with Crippen molar-refractivity contribution in [2.45, 2.75) is 40.3 Å². The molecular weight excluding hydrogens is 304 g/mol. The number of nitrogens with zero attached hydrogens (tertiary/aromatic N) is 3. The van der Waals surface area contributed by atoms with Crippen LogP contribution in [0.2, 0.25) is 0 Å². The molecule has 1 atom stereocenters. The molecule has 7 heteroatoms. The molecule has 0 spiro atoms. The Morgan fingerprint density at radius 2 is 2.17 bits per heavy atom. The van der Waals surface area contributed by atoms with Gasteiger partial charge >= 0.3 is 6.03 Å². The number of nitrogens with one attached hydrogen (secondary N) is 3. The van der Waals surface area contributed by atoms with Crippen LogP contribution in [0.5, 0.6) is 0 Å². The third-order valence-corrected chi connectivity index (χ3v) is 4.25. The summed E-state index contributed by atoms with van der Waals surface area (Å²) in [7, 11) is 0. The highest BCUT2D eigenvalue weighted by Crippen LogP contribution is 2.23. The van der Waals surface area contributed by atoms with E-state index in [1.807, 2.05) is 43.7 Å². The van der Waals surface area contributed by atoms with Gasteiger partial charge in [0.2, 0.25) is 0 Å². The second-order valence-electron chi connectivity index (χ2n) is 5.86. The molecule has 0 aliphatic carbocycles. The molecule has 2 amide bonds. The van der Waals surface area contributed by atoms with Crippen molar-refractivity contribution in [3.63, 3.8) is 0 Å². The fourth-order valence-corrected chi connectivity index (χ4v) is 3.15. The van der Waals surface area contributed by atoms with Gasteiger partial charge in [-0.25, -0.2) is 4.79 Å². The SMILES string of the molecule is CCn1nc(C)c(C(C)NC(=O)Nc2cccc3[nH]ncc23)c1C. The van der Waals surface area contributed by atoms with Gasteiger partial charge in [-0.15, -0.1) is 0 Å². The summed E-state index contributed by atoms with van der Waals surface area (Å²) in [6.45, 7) is 8.83. The Balaban J connectivity index is 1.75. The largest absolute Gasteiger partial charge is 0.331 e. The van der Waals surface area contributed by atoms with Gasteiger partial charge in [0, 0.05) is 23.2 Å². The number of aryl methyl sites for hydroxylation is 2. The Morgan fingerprint density at radius 1 is 1.38 bits per heavy atom. The maximum atomic E-state index is 12.4. The molecule has 3 aromatic rings. The molecular formula is C17H22N6O. The Hall–Kier alpha value is -2.83. The van der Waals surface area contributed by atoms with Crippen molar-refractivity contribution in [3.8, 4) is 0 Å². The van der Waals surface area contributed by atoms with E-state index in [0.29, 0.717) is 0 Å². The van der Waals surface area contributed by atoms with Gasteiger partial charge in [-0.3, -0.25) is 9.78 Å². The van der Waals surface area contributed by atoms with Crippen molar-refractivity contribution in [2.75, 3.05) is 5.32 Å². The molecule has 0 bridgehead atoms. The van der Waals surface area contributed by atoms with E-state index in [0.717, 1.165) is 40.1 Å². The Bertz CT molecular complexity index is 878. The molecule has 0 saturated heterocycles. The number of aromatic nitrogens is 4. The third-order valence-electron chi connectivity index (χ3n) is 4.25. The number of carbonyl (C=O) groups is 1. The zero-order valence-corrected chi connectivity index (χ0v) is 14.3. The summed E-state index contributed by atoms with van der Waals surface area (Å²) in [4.78, 5) is 12.4. The van der Waals surface area contributed by atoms with E-state index in [4.69, 9.17) is 0 Å². The van der Waals surface area contributed by atoms with Crippen LogP contribution >= 0.6 is 0 Å². The summed E-state index contributed by atoms with van der Waals surface area (Å²) in [5.41, 5.74) is 4.70. The Morgan fingerprint density at radius 3 is 2.88 bits per heavy atom. The Labute approximate surface area is 140 Å². The van der Waals surface area contributed by atoms with Crippen molar-refractivity contribution < 1.29 is 4.79 Å². The minimum atomic E-state index is -0.251. The van der Waals surface area contributed by atoms with E-state index in [1.54, 1.807) is 6.20 Å². The first-order chi connectivity index (χ1) is 11.5. The van der Waals surface area contributed by atoms with Gasteiger partial charge < -0.3 is 10.6 Å². The van der Waals surface area contributed by atoms with Crippen LogP contribution in [-0.2, 0) is 6.54 Å². The number of aromatic amines is 1. The minimum Gasteiger partial charge on any atom is -0.331 e. The fraction of sp³-hybridized carbons (Fsp3) is 0.353. The highest BCUT2D eigenvalue weighted by Gasteiger charge is 2.19. The number of fused-ring (bicyclic) bond motifs is 1. The number of rotatable bonds is 4. The molecule has 1 aromatic carbocycles. The molecule has 0 aliphatic heterocycles. The molecule has 0 aliphatic rings.